The van der Waals surface area contributed by atoms with Crippen molar-refractivity contribution in [1.82, 2.24) is 20.9 Å². The molecule has 2 rings (SSSR count). The van der Waals surface area contributed by atoms with E-state index >= 15 is 0 Å². The van der Waals surface area contributed by atoms with Crippen LogP contribution in [0.25, 0.3) is 0 Å². The van der Waals surface area contributed by atoms with Crippen molar-refractivity contribution in [3.63, 3.8) is 0 Å². The van der Waals surface area contributed by atoms with Crippen LogP contribution in [0.3, 0.4) is 0 Å². The molecule has 0 radical (unpaired) electrons. The molecule has 0 aliphatic carbocycles. The van der Waals surface area contributed by atoms with Gasteiger partial charge in [-0.05, 0) is 42.0 Å². The molecule has 3 amide bonds. The summed E-state index contributed by atoms with van der Waals surface area (Å²) >= 11 is 5.94. The number of carbonyl (C=O) groups excluding carboxylic acids is 2. The lowest BCUT2D eigenvalue weighted by Gasteiger charge is -2.03. The Labute approximate surface area is 146 Å². The summed E-state index contributed by atoms with van der Waals surface area (Å²) in [6, 6.07) is 6.57. The van der Waals surface area contributed by atoms with Crippen LogP contribution in [0.15, 0.2) is 29.4 Å². The number of amides is 3. The van der Waals surface area contributed by atoms with Gasteiger partial charge in [0.05, 0.1) is 13.3 Å². The molecule has 9 nitrogen and oxygen atoms in total. The number of H-pyrrole nitrogens is 1. The number of nitrogens with one attached hydrogen (secondary N) is 4. The maximum absolute atomic E-state index is 11.6. The van der Waals surface area contributed by atoms with Crippen molar-refractivity contribution in [2.45, 2.75) is 0 Å². The third-order valence-electron chi connectivity index (χ3n) is 2.59. The van der Waals surface area contributed by atoms with Crippen molar-refractivity contribution >= 4 is 46.8 Å². The van der Waals surface area contributed by atoms with Gasteiger partial charge in [-0.1, -0.05) is 11.3 Å². The molecule has 126 valence electrons. The van der Waals surface area contributed by atoms with E-state index in [9.17, 15) is 9.59 Å². The number of hydrogen-bond donors (Lipinski definition) is 4. The van der Waals surface area contributed by atoms with Crippen LogP contribution < -0.4 is 20.8 Å². The van der Waals surface area contributed by atoms with Crippen LogP contribution in [0.2, 0.25) is 0 Å². The second-order valence-corrected chi connectivity index (χ2v) is 5.96. The highest BCUT2D eigenvalue weighted by Gasteiger charge is 2.06. The smallest absolute Gasteiger partial charge is 0.321 e. The predicted octanol–water partition coefficient (Wildman–Crippen LogP) is 1.48. The molecule has 0 bridgehead atoms. The Morgan fingerprint density at radius 2 is 2.17 bits per heavy atom. The van der Waals surface area contributed by atoms with Crippen molar-refractivity contribution in [1.29, 1.82) is 0 Å². The number of methoxy groups -OCH3 is 1. The van der Waals surface area contributed by atoms with E-state index in [0.717, 1.165) is 22.6 Å². The van der Waals surface area contributed by atoms with Gasteiger partial charge in [0.25, 0.3) is 5.91 Å². The van der Waals surface area contributed by atoms with Crippen LogP contribution in [0.5, 0.6) is 5.75 Å². The molecular weight excluding hydrogens is 352 g/mol. The van der Waals surface area contributed by atoms with Gasteiger partial charge in [-0.2, -0.15) is 5.10 Å². The first kappa shape index (κ1) is 17.6. The van der Waals surface area contributed by atoms with E-state index in [2.05, 4.69) is 31.4 Å². The second kappa shape index (κ2) is 8.74. The normalized spacial score (nSPS) is 10.4. The summed E-state index contributed by atoms with van der Waals surface area (Å²) in [6.07, 6.45) is 1.48. The highest BCUT2D eigenvalue weighted by atomic mass is 32.1. The fourth-order valence-corrected chi connectivity index (χ4v) is 2.28. The van der Waals surface area contributed by atoms with E-state index < -0.39 is 11.9 Å². The molecule has 0 aliphatic heterocycles. The number of benzene rings is 1. The van der Waals surface area contributed by atoms with Crippen LogP contribution in [0.4, 0.5) is 9.93 Å². The van der Waals surface area contributed by atoms with Gasteiger partial charge in [0.1, 0.15) is 12.3 Å². The lowest BCUT2D eigenvalue weighted by atomic mass is 10.2. The molecule has 0 aliphatic rings. The Balaban J connectivity index is 1.71. The number of urea groups is 1. The van der Waals surface area contributed by atoms with Crippen molar-refractivity contribution in [3.8, 4) is 5.75 Å². The van der Waals surface area contributed by atoms with Crippen molar-refractivity contribution in [3.05, 3.63) is 33.8 Å². The van der Waals surface area contributed by atoms with Crippen molar-refractivity contribution in [2.24, 2.45) is 5.10 Å². The number of hydrazone groups is 1. The van der Waals surface area contributed by atoms with E-state index in [1.807, 2.05) is 0 Å². The zero-order valence-electron chi connectivity index (χ0n) is 12.5. The van der Waals surface area contributed by atoms with Crippen LogP contribution in [-0.4, -0.2) is 42.0 Å². The zero-order chi connectivity index (χ0) is 17.4. The third kappa shape index (κ3) is 5.78. The van der Waals surface area contributed by atoms with Crippen LogP contribution in [0, 0.1) is 3.95 Å². The van der Waals surface area contributed by atoms with Gasteiger partial charge >= 0.3 is 6.03 Å². The fourth-order valence-electron chi connectivity index (χ4n) is 1.49. The predicted molar refractivity (Wildman–Crippen MR) is 93.1 cm³/mol. The highest BCUT2D eigenvalue weighted by Crippen LogP contribution is 2.10. The molecule has 2 aromatic rings. The molecule has 0 atom stereocenters. The number of ether oxygens (including phenoxy) is 1. The lowest BCUT2D eigenvalue weighted by molar-refractivity contribution is -0.120. The molecule has 4 N–H and O–H groups in total. The van der Waals surface area contributed by atoms with E-state index in [1.165, 1.54) is 6.21 Å². The number of rotatable bonds is 6. The van der Waals surface area contributed by atoms with E-state index in [0.29, 0.717) is 9.09 Å². The third-order valence-corrected chi connectivity index (χ3v) is 3.59. The van der Waals surface area contributed by atoms with Crippen LogP contribution in [0.1, 0.15) is 5.56 Å². The van der Waals surface area contributed by atoms with Gasteiger partial charge in [0.2, 0.25) is 5.13 Å². The summed E-state index contributed by atoms with van der Waals surface area (Å²) in [5.41, 5.74) is 3.10. The quantitative estimate of drug-likeness (QED) is 0.351. The Morgan fingerprint density at radius 1 is 1.42 bits per heavy atom. The molecular formula is C13H14N6O3S2. The number of hydrogen-bond acceptors (Lipinski definition) is 7. The summed E-state index contributed by atoms with van der Waals surface area (Å²) in [5, 5.41) is 15.2. The van der Waals surface area contributed by atoms with Crippen molar-refractivity contribution < 1.29 is 14.3 Å². The summed E-state index contributed by atoms with van der Waals surface area (Å²) in [6.45, 7) is -0.235. The number of anilines is 1. The number of carbonyl (C=O) groups is 2. The summed E-state index contributed by atoms with van der Waals surface area (Å²) in [4.78, 5) is 23.1. The molecule has 0 unspecified atom stereocenters. The summed E-state index contributed by atoms with van der Waals surface area (Å²) in [7, 11) is 1.58. The summed E-state index contributed by atoms with van der Waals surface area (Å²) in [5.74, 6) is 0.261. The molecule has 1 aromatic carbocycles. The molecule has 0 saturated carbocycles. The van der Waals surface area contributed by atoms with Gasteiger partial charge in [-0.15, -0.1) is 5.10 Å². The Bertz CT molecular complexity index is 784. The van der Waals surface area contributed by atoms with Gasteiger partial charge in [0, 0.05) is 0 Å². The van der Waals surface area contributed by atoms with E-state index in [-0.39, 0.29) is 6.54 Å². The Kier molecular flexibility index (Phi) is 6.40. The van der Waals surface area contributed by atoms with Gasteiger partial charge < -0.3 is 10.1 Å². The van der Waals surface area contributed by atoms with E-state index in [1.54, 1.807) is 31.4 Å². The first-order chi connectivity index (χ1) is 11.6. The molecule has 0 fully saturated rings. The largest absolute Gasteiger partial charge is 0.497 e. The highest BCUT2D eigenvalue weighted by molar-refractivity contribution is 7.73. The topological polar surface area (TPSA) is 120 Å². The molecule has 1 aromatic heterocycles. The number of nitrogens with zero attached hydrogens (tertiary/aromatic N) is 2. The zero-order valence-corrected chi connectivity index (χ0v) is 14.2. The average Bonchev–Trinajstić information content (AvgIpc) is 2.98. The van der Waals surface area contributed by atoms with Crippen molar-refractivity contribution in [2.75, 3.05) is 19.0 Å². The molecule has 24 heavy (non-hydrogen) atoms. The fraction of sp³-hybridized carbons (Fsp3) is 0.154. The summed E-state index contributed by atoms with van der Waals surface area (Å²) < 4.78 is 5.48. The molecule has 0 spiro atoms. The van der Waals surface area contributed by atoms with Crippen LogP contribution >= 0.6 is 23.6 Å². The van der Waals surface area contributed by atoms with Crippen LogP contribution in [-0.2, 0) is 4.79 Å². The first-order valence-electron chi connectivity index (χ1n) is 6.63. The van der Waals surface area contributed by atoms with E-state index in [4.69, 9.17) is 17.0 Å². The van der Waals surface area contributed by atoms with Gasteiger partial charge in [-0.3, -0.25) is 15.2 Å². The monoisotopic (exact) mass is 366 g/mol. The number of aromatic nitrogens is 2. The Hall–Kier alpha value is -2.79. The SMILES string of the molecule is COc1ccc(C=NNC(=O)CNC(=O)Nc2n[nH]c(=S)s2)cc1. The molecule has 0 saturated heterocycles. The molecule has 11 heteroatoms. The first-order valence-corrected chi connectivity index (χ1v) is 7.85. The maximum Gasteiger partial charge on any atom is 0.321 e. The minimum atomic E-state index is -0.568. The average molecular weight is 366 g/mol. The maximum atomic E-state index is 11.6. The second-order valence-electron chi connectivity index (χ2n) is 4.29. The lowest BCUT2D eigenvalue weighted by Crippen LogP contribution is -2.37. The number of aromatic amines is 1. The van der Waals surface area contributed by atoms with Gasteiger partial charge in [-0.25, -0.2) is 10.2 Å². The minimum Gasteiger partial charge on any atom is -0.497 e. The Morgan fingerprint density at radius 3 is 2.79 bits per heavy atom. The standard InChI is InChI=1S/C13H14N6O3S2/c1-22-9-4-2-8(3-5-9)6-15-17-10(20)7-14-11(21)16-12-18-19-13(23)24-12/h2-6H,7H2,1H3,(H,17,20)(H,19,23)(H2,14,16,18,21). The molecule has 1 heterocycles. The van der Waals surface area contributed by atoms with Gasteiger partial charge in [0.15, 0.2) is 3.95 Å². The minimum absolute atomic E-state index is 0.235.